The molecular formula is C22H19N3O4. The van der Waals surface area contributed by atoms with Crippen molar-refractivity contribution in [1.29, 1.82) is 0 Å². The number of aryl methyl sites for hydroxylation is 1. The van der Waals surface area contributed by atoms with Crippen molar-refractivity contribution in [2.24, 2.45) is 0 Å². The summed E-state index contributed by atoms with van der Waals surface area (Å²) in [5.41, 5.74) is 2.89. The third-order valence-electron chi connectivity index (χ3n) is 4.84. The third kappa shape index (κ3) is 3.75. The third-order valence-corrected chi connectivity index (χ3v) is 4.84. The van der Waals surface area contributed by atoms with Crippen molar-refractivity contribution in [3.8, 4) is 0 Å². The Kier molecular flexibility index (Phi) is 4.87. The van der Waals surface area contributed by atoms with Crippen LogP contribution in [-0.4, -0.2) is 27.3 Å². The van der Waals surface area contributed by atoms with Crippen LogP contribution < -0.4 is 5.32 Å². The molecule has 0 unspecified atom stereocenters. The molecule has 146 valence electrons. The monoisotopic (exact) mass is 389 g/mol. The standard InChI is InChI=1S/C22H19N3O4/c1-15-6-2-3-7-16(15)13-24-10-4-8-17(24)12-19-20(26)23-22(28)25(21(19)27)14-18-9-5-11-29-18/h2-12H,13-14H2,1H3,(H,23,26,28)/b19-12-. The smallest absolute Gasteiger partial charge is 0.331 e. The highest BCUT2D eigenvalue weighted by molar-refractivity contribution is 6.30. The summed E-state index contributed by atoms with van der Waals surface area (Å²) < 4.78 is 7.16. The van der Waals surface area contributed by atoms with Gasteiger partial charge in [-0.2, -0.15) is 0 Å². The molecule has 0 bridgehead atoms. The number of amides is 4. The van der Waals surface area contributed by atoms with Gasteiger partial charge in [-0.1, -0.05) is 24.3 Å². The van der Waals surface area contributed by atoms with E-state index >= 15 is 0 Å². The van der Waals surface area contributed by atoms with E-state index in [1.165, 1.54) is 12.3 Å². The molecule has 7 nitrogen and oxygen atoms in total. The SMILES string of the molecule is Cc1ccccc1Cn1cccc1/C=C1/C(=O)NC(=O)N(Cc2ccco2)C1=O. The molecule has 4 amide bonds. The van der Waals surface area contributed by atoms with Crippen LogP contribution in [0, 0.1) is 6.92 Å². The van der Waals surface area contributed by atoms with Crippen molar-refractivity contribution in [2.45, 2.75) is 20.0 Å². The number of aromatic nitrogens is 1. The maximum absolute atomic E-state index is 12.8. The van der Waals surface area contributed by atoms with Gasteiger partial charge in [0.25, 0.3) is 11.8 Å². The van der Waals surface area contributed by atoms with Crippen LogP contribution >= 0.6 is 0 Å². The van der Waals surface area contributed by atoms with Crippen molar-refractivity contribution >= 4 is 23.9 Å². The number of nitrogens with zero attached hydrogens (tertiary/aromatic N) is 2. The summed E-state index contributed by atoms with van der Waals surface area (Å²) in [5.74, 6) is -0.914. The topological polar surface area (TPSA) is 84.6 Å². The van der Waals surface area contributed by atoms with Crippen LogP contribution in [0.4, 0.5) is 4.79 Å². The first-order valence-corrected chi connectivity index (χ1v) is 9.14. The van der Waals surface area contributed by atoms with E-state index in [1.807, 2.05) is 54.1 Å². The van der Waals surface area contributed by atoms with Gasteiger partial charge < -0.3 is 8.98 Å². The van der Waals surface area contributed by atoms with Crippen LogP contribution in [0.2, 0.25) is 0 Å². The Hall–Kier alpha value is -3.87. The number of rotatable bonds is 5. The van der Waals surface area contributed by atoms with Gasteiger partial charge in [0.05, 0.1) is 12.8 Å². The Morgan fingerprint density at radius 2 is 1.83 bits per heavy atom. The lowest BCUT2D eigenvalue weighted by Gasteiger charge is -2.25. The lowest BCUT2D eigenvalue weighted by atomic mass is 10.1. The van der Waals surface area contributed by atoms with E-state index in [0.29, 0.717) is 18.0 Å². The number of hydrogen-bond acceptors (Lipinski definition) is 4. The maximum atomic E-state index is 12.8. The Bertz CT molecular complexity index is 1110. The van der Waals surface area contributed by atoms with Gasteiger partial charge in [-0.3, -0.25) is 19.8 Å². The molecule has 29 heavy (non-hydrogen) atoms. The molecule has 3 heterocycles. The summed E-state index contributed by atoms with van der Waals surface area (Å²) in [6.45, 7) is 2.59. The Morgan fingerprint density at radius 1 is 1.00 bits per heavy atom. The molecule has 7 heteroatoms. The number of carbonyl (C=O) groups excluding carboxylic acids is 3. The fourth-order valence-corrected chi connectivity index (χ4v) is 3.22. The molecule has 1 saturated heterocycles. The molecule has 3 aromatic rings. The van der Waals surface area contributed by atoms with Crippen LogP contribution in [-0.2, 0) is 22.7 Å². The van der Waals surface area contributed by atoms with E-state index in [9.17, 15) is 14.4 Å². The first-order chi connectivity index (χ1) is 14.0. The molecule has 4 rings (SSSR count). The molecule has 1 aliphatic rings. The van der Waals surface area contributed by atoms with Gasteiger partial charge in [-0.15, -0.1) is 0 Å². The second-order valence-electron chi connectivity index (χ2n) is 6.78. The first-order valence-electron chi connectivity index (χ1n) is 9.14. The summed E-state index contributed by atoms with van der Waals surface area (Å²) in [6.07, 6.45) is 4.86. The van der Waals surface area contributed by atoms with Gasteiger partial charge in [0.15, 0.2) is 0 Å². The number of furan rings is 1. The van der Waals surface area contributed by atoms with Gasteiger partial charge in [0, 0.05) is 18.4 Å². The summed E-state index contributed by atoms with van der Waals surface area (Å²) >= 11 is 0. The van der Waals surface area contributed by atoms with Crippen molar-refractivity contribution in [2.75, 3.05) is 0 Å². The molecule has 1 N–H and O–H groups in total. The molecule has 0 atom stereocenters. The largest absolute Gasteiger partial charge is 0.467 e. The fourth-order valence-electron chi connectivity index (χ4n) is 3.22. The maximum Gasteiger partial charge on any atom is 0.331 e. The number of nitrogens with one attached hydrogen (secondary N) is 1. The number of carbonyl (C=O) groups is 3. The second kappa shape index (κ2) is 7.63. The average Bonchev–Trinajstić information content (AvgIpc) is 3.36. The van der Waals surface area contributed by atoms with E-state index in [4.69, 9.17) is 4.42 Å². The zero-order valence-electron chi connectivity index (χ0n) is 15.8. The Balaban J connectivity index is 1.62. The zero-order valence-corrected chi connectivity index (χ0v) is 15.8. The molecular weight excluding hydrogens is 370 g/mol. The van der Waals surface area contributed by atoms with Gasteiger partial charge in [-0.05, 0) is 48.4 Å². The van der Waals surface area contributed by atoms with Crippen molar-refractivity contribution < 1.29 is 18.8 Å². The van der Waals surface area contributed by atoms with Crippen LogP contribution in [0.25, 0.3) is 6.08 Å². The Morgan fingerprint density at radius 3 is 2.59 bits per heavy atom. The fraction of sp³-hybridized carbons (Fsp3) is 0.136. The Labute approximate surface area is 167 Å². The molecule has 0 aliphatic carbocycles. The number of benzene rings is 1. The first kappa shape index (κ1) is 18.5. The zero-order chi connectivity index (χ0) is 20.4. The van der Waals surface area contributed by atoms with Crippen molar-refractivity contribution in [3.05, 3.63) is 89.1 Å². The normalized spacial score (nSPS) is 15.8. The summed E-state index contributed by atoms with van der Waals surface area (Å²) in [6, 6.07) is 14.3. The van der Waals surface area contributed by atoms with Crippen LogP contribution in [0.1, 0.15) is 22.6 Å². The highest BCUT2D eigenvalue weighted by Crippen LogP contribution is 2.19. The summed E-state index contributed by atoms with van der Waals surface area (Å²) in [7, 11) is 0. The number of hydrogen-bond donors (Lipinski definition) is 1. The van der Waals surface area contributed by atoms with E-state index in [2.05, 4.69) is 5.32 Å². The quantitative estimate of drug-likeness (QED) is 0.537. The van der Waals surface area contributed by atoms with Crippen molar-refractivity contribution in [1.82, 2.24) is 14.8 Å². The molecule has 0 saturated carbocycles. The van der Waals surface area contributed by atoms with Gasteiger partial charge in [0.2, 0.25) is 0 Å². The second-order valence-corrected chi connectivity index (χ2v) is 6.78. The predicted octanol–water partition coefficient (Wildman–Crippen LogP) is 3.10. The van der Waals surface area contributed by atoms with Crippen LogP contribution in [0.5, 0.6) is 0 Å². The van der Waals surface area contributed by atoms with Gasteiger partial charge in [-0.25, -0.2) is 4.79 Å². The van der Waals surface area contributed by atoms with Crippen LogP contribution in [0.3, 0.4) is 0 Å². The molecule has 1 aliphatic heterocycles. The highest BCUT2D eigenvalue weighted by atomic mass is 16.3. The molecule has 2 aromatic heterocycles. The number of imide groups is 2. The van der Waals surface area contributed by atoms with E-state index in [-0.39, 0.29) is 12.1 Å². The summed E-state index contributed by atoms with van der Waals surface area (Å²) in [5, 5.41) is 2.22. The predicted molar refractivity (Wildman–Crippen MR) is 105 cm³/mol. The number of barbiturate groups is 1. The summed E-state index contributed by atoms with van der Waals surface area (Å²) in [4.78, 5) is 38.3. The van der Waals surface area contributed by atoms with Crippen molar-refractivity contribution in [3.63, 3.8) is 0 Å². The minimum Gasteiger partial charge on any atom is -0.467 e. The molecule has 0 radical (unpaired) electrons. The molecule has 0 spiro atoms. The number of urea groups is 1. The minimum atomic E-state index is -0.760. The molecule has 1 aromatic carbocycles. The van der Waals surface area contributed by atoms with E-state index in [0.717, 1.165) is 16.0 Å². The van der Waals surface area contributed by atoms with Crippen LogP contribution in [0.15, 0.2) is 71.0 Å². The van der Waals surface area contributed by atoms with Gasteiger partial charge in [0.1, 0.15) is 11.3 Å². The minimum absolute atomic E-state index is 0.0491. The van der Waals surface area contributed by atoms with Gasteiger partial charge >= 0.3 is 6.03 Å². The lowest BCUT2D eigenvalue weighted by Crippen LogP contribution is -2.53. The average molecular weight is 389 g/mol. The van der Waals surface area contributed by atoms with E-state index in [1.54, 1.807) is 12.1 Å². The molecule has 1 fully saturated rings. The van der Waals surface area contributed by atoms with E-state index < -0.39 is 17.8 Å². The highest BCUT2D eigenvalue weighted by Gasteiger charge is 2.36. The lowest BCUT2D eigenvalue weighted by molar-refractivity contribution is -0.130.